The Morgan fingerprint density at radius 2 is 1.93 bits per heavy atom. The lowest BCUT2D eigenvalue weighted by Gasteiger charge is -2.23. The third kappa shape index (κ3) is 2.86. The molecule has 0 radical (unpaired) electrons. The van der Waals surface area contributed by atoms with E-state index in [1.807, 2.05) is 13.0 Å². The Hall–Kier alpha value is -0.730. The number of aryl methyl sites for hydroxylation is 1. The lowest BCUT2D eigenvalue weighted by Crippen LogP contribution is -2.26. The maximum absolute atomic E-state index is 9.43. The molecule has 1 aromatic carbocycles. The van der Waals surface area contributed by atoms with E-state index in [2.05, 4.69) is 17.4 Å². The highest BCUT2D eigenvalue weighted by Gasteiger charge is 2.15. The van der Waals surface area contributed by atoms with Crippen molar-refractivity contribution in [2.24, 2.45) is 0 Å². The van der Waals surface area contributed by atoms with Gasteiger partial charge in [0.2, 0.25) is 0 Å². The number of hydrogen-bond donors (Lipinski definition) is 2. The van der Waals surface area contributed by atoms with Gasteiger partial charge in [-0.15, -0.1) is 12.4 Å². The molecule has 0 bridgehead atoms. The van der Waals surface area contributed by atoms with E-state index in [-0.39, 0.29) is 12.4 Å². The number of benzene rings is 1. The van der Waals surface area contributed by atoms with Crippen molar-refractivity contribution in [1.29, 1.82) is 0 Å². The Labute approximate surface area is 97.1 Å². The van der Waals surface area contributed by atoms with Crippen molar-refractivity contribution in [3.63, 3.8) is 0 Å². The van der Waals surface area contributed by atoms with Gasteiger partial charge in [-0.1, -0.05) is 12.1 Å². The molecular weight excluding hydrogens is 210 g/mol. The summed E-state index contributed by atoms with van der Waals surface area (Å²) in [5.74, 6) is 1.08. The smallest absolute Gasteiger partial charge is 0.118 e. The van der Waals surface area contributed by atoms with Gasteiger partial charge >= 0.3 is 0 Å². The van der Waals surface area contributed by atoms with Gasteiger partial charge < -0.3 is 10.4 Å². The van der Waals surface area contributed by atoms with Crippen molar-refractivity contribution in [3.05, 3.63) is 29.3 Å². The molecule has 3 heteroatoms. The van der Waals surface area contributed by atoms with Crippen LogP contribution in [0.25, 0.3) is 0 Å². The largest absolute Gasteiger partial charge is 0.508 e. The van der Waals surface area contributed by atoms with E-state index in [1.54, 1.807) is 0 Å². The summed E-state index contributed by atoms with van der Waals surface area (Å²) in [7, 11) is 0. The number of rotatable bonds is 1. The Bertz CT molecular complexity index is 321. The van der Waals surface area contributed by atoms with E-state index < -0.39 is 0 Å². The van der Waals surface area contributed by atoms with Crippen LogP contribution in [0, 0.1) is 6.92 Å². The van der Waals surface area contributed by atoms with Crippen molar-refractivity contribution in [2.75, 3.05) is 13.1 Å². The van der Waals surface area contributed by atoms with Crippen LogP contribution in [0.3, 0.4) is 0 Å². The molecule has 0 atom stereocenters. The monoisotopic (exact) mass is 227 g/mol. The number of nitrogens with one attached hydrogen (secondary N) is 1. The fourth-order valence-corrected chi connectivity index (χ4v) is 2.09. The minimum absolute atomic E-state index is 0. The van der Waals surface area contributed by atoms with Gasteiger partial charge in [0.05, 0.1) is 0 Å². The number of hydrogen-bond acceptors (Lipinski definition) is 2. The highest BCUT2D eigenvalue weighted by Crippen LogP contribution is 2.28. The molecule has 1 aliphatic rings. The van der Waals surface area contributed by atoms with Gasteiger partial charge in [0, 0.05) is 0 Å². The first-order valence-electron chi connectivity index (χ1n) is 5.27. The number of phenols is 1. The van der Waals surface area contributed by atoms with Crippen molar-refractivity contribution in [2.45, 2.75) is 25.7 Å². The molecule has 84 valence electrons. The SMILES string of the molecule is Cc1cc(C2CCNCC2)ccc1O.Cl. The van der Waals surface area contributed by atoms with Gasteiger partial charge in [0.15, 0.2) is 0 Å². The van der Waals surface area contributed by atoms with Crippen molar-refractivity contribution in [1.82, 2.24) is 5.32 Å². The Balaban J connectivity index is 0.00000112. The van der Waals surface area contributed by atoms with Crippen molar-refractivity contribution < 1.29 is 5.11 Å². The Morgan fingerprint density at radius 3 is 2.53 bits per heavy atom. The van der Waals surface area contributed by atoms with E-state index in [9.17, 15) is 5.11 Å². The average Bonchev–Trinajstić information content (AvgIpc) is 2.23. The van der Waals surface area contributed by atoms with Crippen LogP contribution in [-0.4, -0.2) is 18.2 Å². The number of piperidine rings is 1. The molecule has 15 heavy (non-hydrogen) atoms. The van der Waals surface area contributed by atoms with Crippen LogP contribution in [0.5, 0.6) is 5.75 Å². The van der Waals surface area contributed by atoms with Crippen LogP contribution in [0.15, 0.2) is 18.2 Å². The zero-order chi connectivity index (χ0) is 9.97. The third-order valence-electron chi connectivity index (χ3n) is 3.03. The molecule has 2 rings (SSSR count). The molecule has 1 fully saturated rings. The van der Waals surface area contributed by atoms with E-state index >= 15 is 0 Å². The Kier molecular flexibility index (Phi) is 4.43. The van der Waals surface area contributed by atoms with Crippen LogP contribution in [0.1, 0.15) is 29.9 Å². The van der Waals surface area contributed by atoms with Crippen LogP contribution < -0.4 is 5.32 Å². The summed E-state index contributed by atoms with van der Waals surface area (Å²) in [5.41, 5.74) is 2.36. The van der Waals surface area contributed by atoms with Gasteiger partial charge in [-0.25, -0.2) is 0 Å². The Morgan fingerprint density at radius 1 is 1.27 bits per heavy atom. The first-order valence-corrected chi connectivity index (χ1v) is 5.27. The maximum atomic E-state index is 9.43. The molecule has 2 N–H and O–H groups in total. The molecule has 1 heterocycles. The predicted molar refractivity (Wildman–Crippen MR) is 64.9 cm³/mol. The highest BCUT2D eigenvalue weighted by atomic mass is 35.5. The minimum Gasteiger partial charge on any atom is -0.508 e. The first kappa shape index (κ1) is 12.3. The summed E-state index contributed by atoms with van der Waals surface area (Å²) in [6.45, 7) is 4.19. The number of halogens is 1. The summed E-state index contributed by atoms with van der Waals surface area (Å²) in [6, 6.07) is 5.98. The summed E-state index contributed by atoms with van der Waals surface area (Å²) < 4.78 is 0. The van der Waals surface area contributed by atoms with Crippen LogP contribution in [-0.2, 0) is 0 Å². The highest BCUT2D eigenvalue weighted by molar-refractivity contribution is 5.85. The van der Waals surface area contributed by atoms with Crippen molar-refractivity contribution in [3.8, 4) is 5.75 Å². The molecule has 0 aliphatic carbocycles. The molecule has 1 aromatic rings. The number of phenolic OH excluding ortho intramolecular Hbond substituents is 1. The molecule has 0 spiro atoms. The van der Waals surface area contributed by atoms with Gasteiger partial charge in [-0.2, -0.15) is 0 Å². The second-order valence-electron chi connectivity index (χ2n) is 4.07. The number of aromatic hydroxyl groups is 1. The molecule has 1 aliphatic heterocycles. The molecule has 0 saturated carbocycles. The van der Waals surface area contributed by atoms with Crippen LogP contribution in [0.2, 0.25) is 0 Å². The molecule has 0 amide bonds. The van der Waals surface area contributed by atoms with Gasteiger partial charge in [-0.05, 0) is 56.0 Å². The van der Waals surface area contributed by atoms with E-state index in [1.165, 1.54) is 18.4 Å². The van der Waals surface area contributed by atoms with Gasteiger partial charge in [0.1, 0.15) is 5.75 Å². The van der Waals surface area contributed by atoms with E-state index in [4.69, 9.17) is 0 Å². The first-order chi connectivity index (χ1) is 6.77. The fraction of sp³-hybridized carbons (Fsp3) is 0.500. The molecule has 0 unspecified atom stereocenters. The second-order valence-corrected chi connectivity index (χ2v) is 4.07. The fourth-order valence-electron chi connectivity index (χ4n) is 2.09. The standard InChI is InChI=1S/C12H17NO.ClH/c1-9-8-11(2-3-12(9)14)10-4-6-13-7-5-10;/h2-3,8,10,13-14H,4-7H2,1H3;1H. The van der Waals surface area contributed by atoms with E-state index in [0.717, 1.165) is 18.7 Å². The molecule has 0 aromatic heterocycles. The van der Waals surface area contributed by atoms with Gasteiger partial charge in [0.25, 0.3) is 0 Å². The zero-order valence-corrected chi connectivity index (χ0v) is 9.81. The summed E-state index contributed by atoms with van der Waals surface area (Å²) in [4.78, 5) is 0. The lowest BCUT2D eigenvalue weighted by atomic mass is 9.89. The third-order valence-corrected chi connectivity index (χ3v) is 3.03. The van der Waals surface area contributed by atoms with E-state index in [0.29, 0.717) is 11.7 Å². The summed E-state index contributed by atoms with van der Waals surface area (Å²) >= 11 is 0. The minimum atomic E-state index is 0. The summed E-state index contributed by atoms with van der Waals surface area (Å²) in [5, 5.41) is 12.8. The van der Waals surface area contributed by atoms with Gasteiger partial charge in [-0.3, -0.25) is 0 Å². The maximum Gasteiger partial charge on any atom is 0.118 e. The molecule has 2 nitrogen and oxygen atoms in total. The lowest BCUT2D eigenvalue weighted by molar-refractivity contribution is 0.455. The normalized spacial score (nSPS) is 17.1. The molecule has 1 saturated heterocycles. The topological polar surface area (TPSA) is 32.3 Å². The summed E-state index contributed by atoms with van der Waals surface area (Å²) in [6.07, 6.45) is 2.43. The van der Waals surface area contributed by atoms with Crippen LogP contribution >= 0.6 is 12.4 Å². The zero-order valence-electron chi connectivity index (χ0n) is 8.99. The van der Waals surface area contributed by atoms with Crippen LogP contribution in [0.4, 0.5) is 0 Å². The molecular formula is C12H18ClNO. The second kappa shape index (κ2) is 5.38. The predicted octanol–water partition coefficient (Wildman–Crippen LogP) is 2.59. The quantitative estimate of drug-likeness (QED) is 0.773. The van der Waals surface area contributed by atoms with Crippen molar-refractivity contribution >= 4 is 12.4 Å². The average molecular weight is 228 g/mol.